The fourth-order valence-corrected chi connectivity index (χ4v) is 3.38. The monoisotopic (exact) mass is 332 g/mol. The fraction of sp³-hybridized carbons (Fsp3) is 0.294. The molecule has 0 saturated heterocycles. The number of pyridine rings is 1. The molecule has 5 nitrogen and oxygen atoms in total. The highest BCUT2D eigenvalue weighted by atomic mass is 32.2. The molecule has 1 heterocycles. The number of rotatable bonds is 7. The van der Waals surface area contributed by atoms with Gasteiger partial charge >= 0.3 is 0 Å². The highest BCUT2D eigenvalue weighted by molar-refractivity contribution is 7.91. The molecule has 6 heteroatoms. The second-order valence-electron chi connectivity index (χ2n) is 5.30. The van der Waals surface area contributed by atoms with Gasteiger partial charge in [0, 0.05) is 32.4 Å². The Kier molecular flexibility index (Phi) is 5.87. The fourth-order valence-electron chi connectivity index (χ4n) is 2.13. The van der Waals surface area contributed by atoms with E-state index in [2.05, 4.69) is 4.98 Å². The predicted octanol–water partition coefficient (Wildman–Crippen LogP) is 1.95. The van der Waals surface area contributed by atoms with E-state index in [-0.39, 0.29) is 23.0 Å². The van der Waals surface area contributed by atoms with Gasteiger partial charge in [-0.15, -0.1) is 0 Å². The van der Waals surface area contributed by atoms with Gasteiger partial charge in [0.2, 0.25) is 5.91 Å². The summed E-state index contributed by atoms with van der Waals surface area (Å²) < 4.78 is 24.3. The van der Waals surface area contributed by atoms with Crippen LogP contribution in [0.3, 0.4) is 0 Å². The Hall–Kier alpha value is -2.21. The van der Waals surface area contributed by atoms with Crippen molar-refractivity contribution in [3.05, 3.63) is 60.4 Å². The summed E-state index contributed by atoms with van der Waals surface area (Å²) in [5, 5.41) is 0. The largest absolute Gasteiger partial charge is 0.345 e. The molecular formula is C17H20N2O3S. The van der Waals surface area contributed by atoms with Crippen molar-refractivity contribution in [3.8, 4) is 0 Å². The Morgan fingerprint density at radius 3 is 2.39 bits per heavy atom. The van der Waals surface area contributed by atoms with Crippen molar-refractivity contribution in [1.29, 1.82) is 0 Å². The van der Waals surface area contributed by atoms with Crippen LogP contribution >= 0.6 is 0 Å². The summed E-state index contributed by atoms with van der Waals surface area (Å²) in [6, 6.07) is 12.0. The van der Waals surface area contributed by atoms with E-state index >= 15 is 0 Å². The van der Waals surface area contributed by atoms with Crippen LogP contribution in [0.15, 0.2) is 59.8 Å². The zero-order valence-corrected chi connectivity index (χ0v) is 13.9. The molecular weight excluding hydrogens is 312 g/mol. The van der Waals surface area contributed by atoms with E-state index in [9.17, 15) is 13.2 Å². The van der Waals surface area contributed by atoms with Crippen molar-refractivity contribution >= 4 is 15.7 Å². The predicted molar refractivity (Wildman–Crippen MR) is 88.7 cm³/mol. The van der Waals surface area contributed by atoms with Gasteiger partial charge in [-0.1, -0.05) is 18.2 Å². The van der Waals surface area contributed by atoms with Crippen molar-refractivity contribution in [3.63, 3.8) is 0 Å². The average molecular weight is 332 g/mol. The van der Waals surface area contributed by atoms with E-state index in [1.54, 1.807) is 54.7 Å². The Balaban J connectivity index is 1.84. The van der Waals surface area contributed by atoms with Gasteiger partial charge in [-0.2, -0.15) is 0 Å². The first kappa shape index (κ1) is 17.1. The Bertz CT molecular complexity index is 731. The molecule has 0 atom stereocenters. The van der Waals surface area contributed by atoms with Gasteiger partial charge in [0.1, 0.15) is 0 Å². The maximum Gasteiger partial charge on any atom is 0.223 e. The molecule has 0 spiro atoms. The minimum atomic E-state index is -3.41. The van der Waals surface area contributed by atoms with E-state index < -0.39 is 9.84 Å². The van der Waals surface area contributed by atoms with Crippen LogP contribution in [0.4, 0.5) is 0 Å². The zero-order valence-electron chi connectivity index (χ0n) is 13.1. The average Bonchev–Trinajstić information content (AvgIpc) is 2.59. The molecule has 0 aliphatic rings. The molecule has 0 unspecified atom stereocenters. The van der Waals surface area contributed by atoms with Gasteiger partial charge in [0.15, 0.2) is 9.84 Å². The summed E-state index contributed by atoms with van der Waals surface area (Å²) in [6.45, 7) is 0.550. The molecule has 0 aliphatic carbocycles. The van der Waals surface area contributed by atoms with Crippen molar-refractivity contribution in [2.24, 2.45) is 0 Å². The number of amides is 1. The number of benzene rings is 1. The van der Waals surface area contributed by atoms with Crippen molar-refractivity contribution in [2.75, 3.05) is 19.3 Å². The van der Waals surface area contributed by atoms with Crippen LogP contribution in [-0.4, -0.2) is 43.6 Å². The van der Waals surface area contributed by atoms with Crippen molar-refractivity contribution < 1.29 is 13.2 Å². The number of carbonyl (C=O) groups is 1. The smallest absolute Gasteiger partial charge is 0.223 e. The minimum Gasteiger partial charge on any atom is -0.345 e. The minimum absolute atomic E-state index is 0.00985. The summed E-state index contributed by atoms with van der Waals surface area (Å²) in [5.41, 5.74) is 1.09. The third-order valence-electron chi connectivity index (χ3n) is 3.60. The number of aromatic nitrogens is 1. The van der Waals surface area contributed by atoms with E-state index in [0.717, 1.165) is 12.0 Å². The molecule has 1 aromatic carbocycles. The van der Waals surface area contributed by atoms with Crippen LogP contribution in [-0.2, 0) is 21.1 Å². The highest BCUT2D eigenvalue weighted by Gasteiger charge is 2.17. The Labute approximate surface area is 136 Å². The standard InChI is InChI=1S/C17H20N2O3S/c1-19(13-9-15-7-11-18-12-8-15)17(20)10-14-23(21,22)16-5-3-2-4-6-16/h2-8,11-12H,9-10,13-14H2,1H3. The number of likely N-dealkylation sites (N-methyl/N-ethyl adjacent to an activating group) is 1. The van der Waals surface area contributed by atoms with Crippen molar-refractivity contribution in [2.45, 2.75) is 17.7 Å². The SMILES string of the molecule is CN(CCc1ccncc1)C(=O)CCS(=O)(=O)c1ccccc1. The lowest BCUT2D eigenvalue weighted by atomic mass is 10.2. The van der Waals surface area contributed by atoms with Gasteiger partial charge in [0.25, 0.3) is 0 Å². The van der Waals surface area contributed by atoms with E-state index in [0.29, 0.717) is 6.54 Å². The summed E-state index contributed by atoms with van der Waals surface area (Å²) >= 11 is 0. The van der Waals surface area contributed by atoms with Gasteiger partial charge in [-0.25, -0.2) is 8.42 Å². The van der Waals surface area contributed by atoms with E-state index in [1.807, 2.05) is 12.1 Å². The zero-order chi connectivity index (χ0) is 16.7. The number of nitrogens with zero attached hydrogens (tertiary/aromatic N) is 2. The number of sulfone groups is 1. The number of hydrogen-bond acceptors (Lipinski definition) is 4. The van der Waals surface area contributed by atoms with Crippen LogP contribution in [0.1, 0.15) is 12.0 Å². The van der Waals surface area contributed by atoms with E-state index in [4.69, 9.17) is 0 Å². The van der Waals surface area contributed by atoms with Crippen LogP contribution in [0, 0.1) is 0 Å². The van der Waals surface area contributed by atoms with Gasteiger partial charge in [-0.3, -0.25) is 9.78 Å². The lowest BCUT2D eigenvalue weighted by Gasteiger charge is -2.17. The molecule has 122 valence electrons. The Morgan fingerprint density at radius 2 is 1.74 bits per heavy atom. The molecule has 0 radical (unpaired) electrons. The molecule has 23 heavy (non-hydrogen) atoms. The summed E-state index contributed by atoms with van der Waals surface area (Å²) in [7, 11) is -1.72. The summed E-state index contributed by atoms with van der Waals surface area (Å²) in [5.74, 6) is -0.339. The first-order valence-electron chi connectivity index (χ1n) is 7.40. The van der Waals surface area contributed by atoms with Crippen molar-refractivity contribution in [1.82, 2.24) is 9.88 Å². The second kappa shape index (κ2) is 7.87. The Morgan fingerprint density at radius 1 is 1.09 bits per heavy atom. The number of carbonyl (C=O) groups excluding carboxylic acids is 1. The molecule has 0 fully saturated rings. The first-order valence-corrected chi connectivity index (χ1v) is 9.05. The third kappa shape index (κ3) is 5.17. The quantitative estimate of drug-likeness (QED) is 0.777. The maximum absolute atomic E-state index is 12.2. The summed E-state index contributed by atoms with van der Waals surface area (Å²) in [6.07, 6.45) is 4.13. The molecule has 0 N–H and O–H groups in total. The first-order chi connectivity index (χ1) is 11.0. The lowest BCUT2D eigenvalue weighted by Crippen LogP contribution is -2.30. The normalized spacial score (nSPS) is 11.2. The molecule has 0 bridgehead atoms. The van der Waals surface area contributed by atoms with Gasteiger partial charge in [-0.05, 0) is 36.2 Å². The molecule has 0 saturated carbocycles. The van der Waals surface area contributed by atoms with E-state index in [1.165, 1.54) is 0 Å². The van der Waals surface area contributed by atoms with Crippen LogP contribution in [0.5, 0.6) is 0 Å². The van der Waals surface area contributed by atoms with Crippen LogP contribution < -0.4 is 0 Å². The van der Waals surface area contributed by atoms with Gasteiger partial charge < -0.3 is 4.90 Å². The number of hydrogen-bond donors (Lipinski definition) is 0. The van der Waals surface area contributed by atoms with Gasteiger partial charge in [0.05, 0.1) is 10.6 Å². The molecule has 1 aromatic heterocycles. The van der Waals surface area contributed by atoms with Crippen LogP contribution in [0.2, 0.25) is 0 Å². The highest BCUT2D eigenvalue weighted by Crippen LogP contribution is 2.11. The molecule has 2 rings (SSSR count). The third-order valence-corrected chi connectivity index (χ3v) is 5.33. The molecule has 1 amide bonds. The van der Waals surface area contributed by atoms with Crippen LogP contribution in [0.25, 0.3) is 0 Å². The molecule has 0 aliphatic heterocycles. The summed E-state index contributed by atoms with van der Waals surface area (Å²) in [4.78, 5) is 17.9. The molecule has 2 aromatic rings. The second-order valence-corrected chi connectivity index (χ2v) is 7.41. The lowest BCUT2D eigenvalue weighted by molar-refractivity contribution is -0.129. The topological polar surface area (TPSA) is 67.3 Å². The maximum atomic E-state index is 12.2.